The fourth-order valence-corrected chi connectivity index (χ4v) is 3.49. The molecule has 2 aliphatic rings. The van der Waals surface area contributed by atoms with E-state index in [2.05, 4.69) is 11.8 Å². The van der Waals surface area contributed by atoms with Gasteiger partial charge in [-0.3, -0.25) is 4.79 Å². The summed E-state index contributed by atoms with van der Waals surface area (Å²) >= 11 is 0. The van der Waals surface area contributed by atoms with Gasteiger partial charge in [-0.15, -0.1) is 0 Å². The van der Waals surface area contributed by atoms with Crippen molar-refractivity contribution in [3.63, 3.8) is 0 Å². The first-order chi connectivity index (χ1) is 8.03. The second-order valence-corrected chi connectivity index (χ2v) is 6.28. The Morgan fingerprint density at radius 2 is 2.06 bits per heavy atom. The number of hydrogen-bond donors (Lipinski definition) is 1. The van der Waals surface area contributed by atoms with Crippen LogP contribution in [0.5, 0.6) is 0 Å². The van der Waals surface area contributed by atoms with Gasteiger partial charge in [0.25, 0.3) is 0 Å². The first-order valence-corrected chi connectivity index (χ1v) is 7.09. The van der Waals surface area contributed by atoms with Gasteiger partial charge in [-0.1, -0.05) is 19.8 Å². The second kappa shape index (κ2) is 4.97. The summed E-state index contributed by atoms with van der Waals surface area (Å²) in [4.78, 5) is 14.8. The lowest BCUT2D eigenvalue weighted by molar-refractivity contribution is -0.142. The van der Waals surface area contributed by atoms with Crippen LogP contribution >= 0.6 is 0 Å². The van der Waals surface area contributed by atoms with Crippen molar-refractivity contribution in [3.8, 4) is 0 Å². The largest absolute Gasteiger partial charge is 0.339 e. The summed E-state index contributed by atoms with van der Waals surface area (Å²) in [5.41, 5.74) is 5.81. The molecule has 3 nitrogen and oxygen atoms in total. The topological polar surface area (TPSA) is 46.3 Å². The van der Waals surface area contributed by atoms with E-state index in [4.69, 9.17) is 5.73 Å². The van der Waals surface area contributed by atoms with Gasteiger partial charge in [-0.25, -0.2) is 0 Å². The van der Waals surface area contributed by atoms with E-state index in [9.17, 15) is 4.79 Å². The third-order valence-electron chi connectivity index (χ3n) is 4.51. The van der Waals surface area contributed by atoms with Crippen LogP contribution in [0.3, 0.4) is 0 Å². The molecule has 2 rings (SSSR count). The van der Waals surface area contributed by atoms with E-state index in [1.165, 1.54) is 12.8 Å². The molecule has 17 heavy (non-hydrogen) atoms. The van der Waals surface area contributed by atoms with Crippen LogP contribution in [0.1, 0.15) is 58.8 Å². The van der Waals surface area contributed by atoms with E-state index in [0.717, 1.165) is 38.6 Å². The van der Waals surface area contributed by atoms with Crippen molar-refractivity contribution >= 4 is 5.91 Å². The Bertz CT molecular complexity index is 282. The quantitative estimate of drug-likeness (QED) is 0.820. The van der Waals surface area contributed by atoms with Crippen LogP contribution in [0.4, 0.5) is 0 Å². The van der Waals surface area contributed by atoms with Crippen molar-refractivity contribution in [2.24, 2.45) is 11.1 Å². The molecule has 3 heteroatoms. The molecule has 0 aromatic rings. The molecule has 1 aliphatic heterocycles. The van der Waals surface area contributed by atoms with Crippen LogP contribution in [0.25, 0.3) is 0 Å². The number of carbonyl (C=O) groups is 1. The molecule has 2 unspecified atom stereocenters. The molecular formula is C14H26N2O. The van der Waals surface area contributed by atoms with E-state index in [1.54, 1.807) is 0 Å². The van der Waals surface area contributed by atoms with Gasteiger partial charge in [0.2, 0.25) is 5.91 Å². The monoisotopic (exact) mass is 238 g/mol. The average Bonchev–Trinajstić information content (AvgIpc) is 2.86. The Balaban J connectivity index is 2.02. The van der Waals surface area contributed by atoms with Crippen LogP contribution in [0.2, 0.25) is 0 Å². The average molecular weight is 238 g/mol. The van der Waals surface area contributed by atoms with Crippen LogP contribution in [-0.2, 0) is 4.79 Å². The van der Waals surface area contributed by atoms with Crippen molar-refractivity contribution in [3.05, 3.63) is 0 Å². The van der Waals surface area contributed by atoms with Crippen molar-refractivity contribution in [2.75, 3.05) is 6.54 Å². The highest BCUT2D eigenvalue weighted by Crippen LogP contribution is 2.40. The number of rotatable bonds is 3. The fraction of sp³-hybridized carbons (Fsp3) is 0.929. The van der Waals surface area contributed by atoms with Gasteiger partial charge in [0.05, 0.1) is 0 Å². The van der Waals surface area contributed by atoms with E-state index in [1.807, 2.05) is 6.92 Å². The maximum Gasteiger partial charge on any atom is 0.228 e. The highest BCUT2D eigenvalue weighted by molar-refractivity contribution is 5.83. The number of amides is 1. The Labute approximate surface area is 105 Å². The zero-order valence-corrected chi connectivity index (χ0v) is 11.2. The standard InChI is InChI=1S/C14H26N2O/c1-11(15)10-12-6-5-9-16(12)13(17)14(2)7-3-4-8-14/h11-12H,3-10,15H2,1-2H3. The fourth-order valence-electron chi connectivity index (χ4n) is 3.49. The lowest BCUT2D eigenvalue weighted by atomic mass is 9.86. The summed E-state index contributed by atoms with van der Waals surface area (Å²) in [6.07, 6.45) is 7.84. The summed E-state index contributed by atoms with van der Waals surface area (Å²) in [7, 11) is 0. The second-order valence-electron chi connectivity index (χ2n) is 6.28. The smallest absolute Gasteiger partial charge is 0.228 e. The zero-order chi connectivity index (χ0) is 12.5. The Morgan fingerprint density at radius 3 is 2.65 bits per heavy atom. The molecule has 0 aromatic carbocycles. The van der Waals surface area contributed by atoms with Gasteiger partial charge in [-0.2, -0.15) is 0 Å². The minimum absolute atomic E-state index is 0.0690. The summed E-state index contributed by atoms with van der Waals surface area (Å²) in [5.74, 6) is 0.401. The predicted octanol–water partition coefficient (Wildman–Crippen LogP) is 2.29. The lowest BCUT2D eigenvalue weighted by Gasteiger charge is -2.33. The SMILES string of the molecule is CC(N)CC1CCCN1C(=O)C1(C)CCCC1. The Kier molecular flexibility index (Phi) is 3.76. The molecule has 1 saturated carbocycles. The molecule has 1 aliphatic carbocycles. The number of nitrogens with zero attached hydrogens (tertiary/aromatic N) is 1. The Morgan fingerprint density at radius 1 is 1.41 bits per heavy atom. The first-order valence-electron chi connectivity index (χ1n) is 7.09. The van der Waals surface area contributed by atoms with Gasteiger partial charge >= 0.3 is 0 Å². The summed E-state index contributed by atoms with van der Waals surface area (Å²) in [6, 6.07) is 0.602. The molecule has 2 fully saturated rings. The highest BCUT2D eigenvalue weighted by Gasteiger charge is 2.42. The van der Waals surface area contributed by atoms with Gasteiger partial charge in [0.1, 0.15) is 0 Å². The molecule has 1 saturated heterocycles. The molecule has 1 heterocycles. The van der Waals surface area contributed by atoms with Gasteiger partial charge in [0.15, 0.2) is 0 Å². The minimum Gasteiger partial charge on any atom is -0.339 e. The molecule has 0 radical (unpaired) electrons. The first kappa shape index (κ1) is 12.9. The van der Waals surface area contributed by atoms with Gasteiger partial charge in [0, 0.05) is 24.0 Å². The molecule has 0 bridgehead atoms. The maximum absolute atomic E-state index is 12.6. The van der Waals surface area contributed by atoms with Crippen molar-refractivity contribution < 1.29 is 4.79 Å². The molecular weight excluding hydrogens is 212 g/mol. The highest BCUT2D eigenvalue weighted by atomic mass is 16.2. The van der Waals surface area contributed by atoms with Crippen LogP contribution in [0, 0.1) is 5.41 Å². The third kappa shape index (κ3) is 2.65. The number of nitrogens with two attached hydrogens (primary N) is 1. The van der Waals surface area contributed by atoms with Crippen molar-refractivity contribution in [1.29, 1.82) is 0 Å². The van der Waals surface area contributed by atoms with E-state index in [0.29, 0.717) is 11.9 Å². The van der Waals surface area contributed by atoms with Gasteiger partial charge < -0.3 is 10.6 Å². The van der Waals surface area contributed by atoms with Crippen molar-refractivity contribution in [2.45, 2.75) is 70.9 Å². The molecule has 0 aromatic heterocycles. The molecule has 98 valence electrons. The number of likely N-dealkylation sites (tertiary alicyclic amines) is 1. The summed E-state index contributed by atoms with van der Waals surface area (Å²) < 4.78 is 0. The maximum atomic E-state index is 12.6. The number of carbonyl (C=O) groups excluding carboxylic acids is 1. The van der Waals surface area contributed by atoms with Crippen molar-refractivity contribution in [1.82, 2.24) is 4.90 Å². The Hall–Kier alpha value is -0.570. The normalized spacial score (nSPS) is 29.6. The van der Waals surface area contributed by atoms with Crippen LogP contribution in [-0.4, -0.2) is 29.4 Å². The predicted molar refractivity (Wildman–Crippen MR) is 69.6 cm³/mol. The molecule has 2 N–H and O–H groups in total. The zero-order valence-electron chi connectivity index (χ0n) is 11.2. The van der Waals surface area contributed by atoms with E-state index in [-0.39, 0.29) is 11.5 Å². The van der Waals surface area contributed by atoms with E-state index < -0.39 is 0 Å². The molecule has 0 spiro atoms. The minimum atomic E-state index is -0.0690. The summed E-state index contributed by atoms with van der Waals surface area (Å²) in [5, 5.41) is 0. The molecule has 1 amide bonds. The third-order valence-corrected chi connectivity index (χ3v) is 4.51. The van der Waals surface area contributed by atoms with Crippen LogP contribution in [0.15, 0.2) is 0 Å². The number of hydrogen-bond acceptors (Lipinski definition) is 2. The lowest BCUT2D eigenvalue weighted by Crippen LogP contribution is -2.45. The van der Waals surface area contributed by atoms with E-state index >= 15 is 0 Å². The van der Waals surface area contributed by atoms with Crippen LogP contribution < -0.4 is 5.73 Å². The summed E-state index contributed by atoms with van der Waals surface area (Å²) in [6.45, 7) is 5.15. The molecule has 2 atom stereocenters. The van der Waals surface area contributed by atoms with Gasteiger partial charge in [-0.05, 0) is 39.0 Å².